The number of aliphatic hydroxyl groups is 1. The van der Waals surface area contributed by atoms with Gasteiger partial charge in [-0.15, -0.1) is 0 Å². The molecule has 190 valence electrons. The molecule has 5 heteroatoms. The van der Waals surface area contributed by atoms with Crippen molar-refractivity contribution in [3.8, 4) is 5.75 Å². The van der Waals surface area contributed by atoms with E-state index in [2.05, 4.69) is 70.2 Å². The molecule has 2 aliphatic rings. The van der Waals surface area contributed by atoms with Crippen molar-refractivity contribution < 1.29 is 9.84 Å². The van der Waals surface area contributed by atoms with E-state index in [0.29, 0.717) is 12.6 Å². The Bertz CT molecular complexity index is 1330. The van der Waals surface area contributed by atoms with E-state index in [9.17, 15) is 5.11 Å². The Labute approximate surface area is 219 Å². The zero-order valence-electron chi connectivity index (χ0n) is 21.5. The largest absolute Gasteiger partial charge is 0.490 e. The Morgan fingerprint density at radius 2 is 1.54 bits per heavy atom. The maximum atomic E-state index is 10.8. The number of aliphatic hydroxyl groups excluding tert-OH is 1. The molecule has 0 saturated carbocycles. The van der Waals surface area contributed by atoms with E-state index in [1.807, 2.05) is 30.5 Å². The number of piperazine rings is 1. The SMILES string of the molecule is Cc1ccnc2cccc(OCC(O)CN3CCN(C4c5ccccc5CCc5ccccc54)CC3)c12. The number of ether oxygens (including phenoxy) is 1. The first kappa shape index (κ1) is 24.1. The smallest absolute Gasteiger partial charge is 0.129 e. The highest BCUT2D eigenvalue weighted by atomic mass is 16.5. The van der Waals surface area contributed by atoms with Crippen molar-refractivity contribution in [3.63, 3.8) is 0 Å². The normalized spacial score (nSPS) is 17.7. The fourth-order valence-corrected chi connectivity index (χ4v) is 6.08. The number of pyridine rings is 1. The van der Waals surface area contributed by atoms with Crippen LogP contribution in [0, 0.1) is 6.92 Å². The van der Waals surface area contributed by atoms with E-state index < -0.39 is 6.10 Å². The topological polar surface area (TPSA) is 48.8 Å². The van der Waals surface area contributed by atoms with Gasteiger partial charge in [-0.2, -0.15) is 0 Å². The molecule has 37 heavy (non-hydrogen) atoms. The Balaban J connectivity index is 1.10. The summed E-state index contributed by atoms with van der Waals surface area (Å²) >= 11 is 0. The van der Waals surface area contributed by atoms with Crippen LogP contribution in [0.2, 0.25) is 0 Å². The molecule has 1 aliphatic heterocycles. The van der Waals surface area contributed by atoms with E-state index in [1.165, 1.54) is 22.3 Å². The lowest BCUT2D eigenvalue weighted by molar-refractivity contribution is 0.0403. The third-order valence-corrected chi connectivity index (χ3v) is 7.97. The molecule has 1 aromatic heterocycles. The quantitative estimate of drug-likeness (QED) is 0.419. The predicted molar refractivity (Wildman–Crippen MR) is 148 cm³/mol. The summed E-state index contributed by atoms with van der Waals surface area (Å²) in [5.41, 5.74) is 7.90. The van der Waals surface area contributed by atoms with Crippen LogP contribution in [0.1, 0.15) is 33.9 Å². The molecule has 1 fully saturated rings. The van der Waals surface area contributed by atoms with Gasteiger partial charge in [-0.3, -0.25) is 14.8 Å². The standard InChI is InChI=1S/C32H35N3O2/c1-23-15-16-33-29-11-6-12-30(31(23)29)37-22-26(36)21-34-17-19-35(20-18-34)32-27-9-4-2-7-24(27)13-14-25-8-3-5-10-28(25)32/h2-12,15-16,26,32,36H,13-14,17-22H2,1H3. The molecule has 0 radical (unpaired) electrons. The van der Waals surface area contributed by atoms with Gasteiger partial charge in [0.2, 0.25) is 0 Å². The molecule has 1 saturated heterocycles. The van der Waals surface area contributed by atoms with Gasteiger partial charge in [-0.25, -0.2) is 0 Å². The summed E-state index contributed by atoms with van der Waals surface area (Å²) < 4.78 is 6.08. The summed E-state index contributed by atoms with van der Waals surface area (Å²) in [6.07, 6.45) is 3.48. The van der Waals surface area contributed by atoms with Crippen molar-refractivity contribution in [2.75, 3.05) is 39.3 Å². The lowest BCUT2D eigenvalue weighted by Gasteiger charge is -2.40. The van der Waals surface area contributed by atoms with E-state index >= 15 is 0 Å². The lowest BCUT2D eigenvalue weighted by Crippen LogP contribution is -2.50. The Morgan fingerprint density at radius 3 is 2.24 bits per heavy atom. The van der Waals surface area contributed by atoms with Crippen LogP contribution in [-0.4, -0.2) is 65.3 Å². The van der Waals surface area contributed by atoms with Crippen LogP contribution in [-0.2, 0) is 12.8 Å². The molecule has 1 aliphatic carbocycles. The van der Waals surface area contributed by atoms with Gasteiger partial charge in [0.25, 0.3) is 0 Å². The van der Waals surface area contributed by atoms with E-state index in [1.54, 1.807) is 0 Å². The third-order valence-electron chi connectivity index (χ3n) is 7.97. The molecular weight excluding hydrogens is 458 g/mol. The Kier molecular flexibility index (Phi) is 6.92. The summed E-state index contributed by atoms with van der Waals surface area (Å²) in [5.74, 6) is 0.790. The molecule has 0 spiro atoms. The fraction of sp³-hybridized carbons (Fsp3) is 0.344. The summed E-state index contributed by atoms with van der Waals surface area (Å²) in [7, 11) is 0. The molecule has 1 unspecified atom stereocenters. The highest BCUT2D eigenvalue weighted by molar-refractivity contribution is 5.88. The van der Waals surface area contributed by atoms with Crippen LogP contribution in [0.3, 0.4) is 0 Å². The van der Waals surface area contributed by atoms with Gasteiger partial charge >= 0.3 is 0 Å². The van der Waals surface area contributed by atoms with Crippen molar-refractivity contribution in [1.82, 2.24) is 14.8 Å². The number of hydrogen-bond donors (Lipinski definition) is 1. The second-order valence-corrected chi connectivity index (χ2v) is 10.4. The summed E-state index contributed by atoms with van der Waals surface area (Å²) in [6.45, 7) is 6.80. The summed E-state index contributed by atoms with van der Waals surface area (Å²) in [6, 6.07) is 26.2. The fourth-order valence-electron chi connectivity index (χ4n) is 6.08. The summed E-state index contributed by atoms with van der Waals surface area (Å²) in [5, 5.41) is 11.8. The highest BCUT2D eigenvalue weighted by Gasteiger charge is 2.31. The van der Waals surface area contributed by atoms with Crippen LogP contribution in [0.15, 0.2) is 79.0 Å². The maximum absolute atomic E-state index is 10.8. The van der Waals surface area contributed by atoms with Gasteiger partial charge in [0.1, 0.15) is 18.5 Å². The lowest BCUT2D eigenvalue weighted by atomic mass is 9.92. The van der Waals surface area contributed by atoms with Crippen LogP contribution in [0.4, 0.5) is 0 Å². The molecule has 5 nitrogen and oxygen atoms in total. The second kappa shape index (κ2) is 10.6. The van der Waals surface area contributed by atoms with Gasteiger partial charge in [0.05, 0.1) is 11.6 Å². The highest BCUT2D eigenvalue weighted by Crippen LogP contribution is 2.37. The average molecular weight is 494 g/mol. The molecule has 1 atom stereocenters. The first-order chi connectivity index (χ1) is 18.2. The third kappa shape index (κ3) is 4.99. The second-order valence-electron chi connectivity index (χ2n) is 10.4. The Hall–Kier alpha value is -3.25. The van der Waals surface area contributed by atoms with Crippen molar-refractivity contribution in [2.45, 2.75) is 31.9 Å². The zero-order chi connectivity index (χ0) is 25.2. The van der Waals surface area contributed by atoms with Crippen molar-refractivity contribution in [1.29, 1.82) is 0 Å². The maximum Gasteiger partial charge on any atom is 0.129 e. The minimum Gasteiger partial charge on any atom is -0.490 e. The molecule has 0 bridgehead atoms. The molecule has 6 rings (SSSR count). The molecule has 3 aromatic carbocycles. The predicted octanol–water partition coefficient (Wildman–Crippen LogP) is 4.79. The van der Waals surface area contributed by atoms with E-state index in [0.717, 1.165) is 61.2 Å². The molecule has 1 N–H and O–H groups in total. The van der Waals surface area contributed by atoms with Gasteiger partial charge < -0.3 is 9.84 Å². The molecule has 2 heterocycles. The minimum absolute atomic E-state index is 0.275. The molecular formula is C32H35N3O2. The van der Waals surface area contributed by atoms with Gasteiger partial charge in [0, 0.05) is 44.3 Å². The van der Waals surface area contributed by atoms with Crippen molar-refractivity contribution in [3.05, 3.63) is 107 Å². The van der Waals surface area contributed by atoms with Crippen LogP contribution in [0.25, 0.3) is 10.9 Å². The number of benzene rings is 3. The first-order valence-electron chi connectivity index (χ1n) is 13.4. The number of β-amino-alcohol motifs (C(OH)–C–C–N with tert-alkyl or cyclic N) is 1. The first-order valence-corrected chi connectivity index (χ1v) is 13.4. The van der Waals surface area contributed by atoms with E-state index in [-0.39, 0.29) is 6.61 Å². The number of rotatable bonds is 6. The monoisotopic (exact) mass is 493 g/mol. The number of aryl methyl sites for hydroxylation is 3. The van der Waals surface area contributed by atoms with Crippen molar-refractivity contribution >= 4 is 10.9 Å². The number of aromatic nitrogens is 1. The minimum atomic E-state index is -0.543. The Morgan fingerprint density at radius 1 is 0.865 bits per heavy atom. The van der Waals surface area contributed by atoms with Crippen LogP contribution >= 0.6 is 0 Å². The average Bonchev–Trinajstić information content (AvgIpc) is 3.09. The zero-order valence-corrected chi connectivity index (χ0v) is 21.5. The van der Waals surface area contributed by atoms with Crippen LogP contribution in [0.5, 0.6) is 5.75 Å². The van der Waals surface area contributed by atoms with Crippen molar-refractivity contribution in [2.24, 2.45) is 0 Å². The summed E-state index contributed by atoms with van der Waals surface area (Å²) in [4.78, 5) is 9.45. The number of hydrogen-bond acceptors (Lipinski definition) is 5. The van der Waals surface area contributed by atoms with Crippen LogP contribution < -0.4 is 4.74 Å². The van der Waals surface area contributed by atoms with Gasteiger partial charge in [-0.05, 0) is 65.8 Å². The van der Waals surface area contributed by atoms with Gasteiger partial charge in [-0.1, -0.05) is 54.6 Å². The van der Waals surface area contributed by atoms with Gasteiger partial charge in [0.15, 0.2) is 0 Å². The number of nitrogens with zero attached hydrogens (tertiary/aromatic N) is 3. The van der Waals surface area contributed by atoms with E-state index in [4.69, 9.17) is 4.74 Å². The molecule has 0 amide bonds. The molecule has 4 aromatic rings. The number of fused-ring (bicyclic) bond motifs is 3.